The summed E-state index contributed by atoms with van der Waals surface area (Å²) < 4.78 is 30.1. The van der Waals surface area contributed by atoms with Gasteiger partial charge in [0.1, 0.15) is 28.5 Å². The van der Waals surface area contributed by atoms with E-state index in [0.717, 1.165) is 25.3 Å². The predicted molar refractivity (Wildman–Crippen MR) is 126 cm³/mol. The van der Waals surface area contributed by atoms with Crippen molar-refractivity contribution in [3.63, 3.8) is 0 Å². The minimum absolute atomic E-state index is 0.00562. The van der Waals surface area contributed by atoms with Gasteiger partial charge in [-0.2, -0.15) is 5.26 Å². The Hall–Kier alpha value is -3.83. The number of thioether (sulfide) groups is 1. The van der Waals surface area contributed by atoms with Gasteiger partial charge in [-0.15, -0.1) is 0 Å². The fourth-order valence-corrected chi connectivity index (χ4v) is 3.29. The van der Waals surface area contributed by atoms with Crippen molar-refractivity contribution in [3.8, 4) is 22.6 Å². The molecule has 0 fully saturated rings. The topological polar surface area (TPSA) is 85.6 Å². The molecule has 0 amide bonds. The lowest BCUT2D eigenvalue weighted by atomic mass is 10.1. The third kappa shape index (κ3) is 7.09. The van der Waals surface area contributed by atoms with Gasteiger partial charge < -0.3 is 14.2 Å². The summed E-state index contributed by atoms with van der Waals surface area (Å²) in [4.78, 5) is 24.9. The molecule has 0 heterocycles. The summed E-state index contributed by atoms with van der Waals surface area (Å²) in [7, 11) is 0. The molecule has 3 aromatic rings. The summed E-state index contributed by atoms with van der Waals surface area (Å²) in [6.45, 7) is 2.77. The highest BCUT2D eigenvalue weighted by atomic mass is 32.2. The van der Waals surface area contributed by atoms with E-state index in [1.54, 1.807) is 29.7 Å². The van der Waals surface area contributed by atoms with Crippen molar-refractivity contribution in [2.24, 2.45) is 0 Å². The largest absolute Gasteiger partial charge is 0.494 e. The number of carbonyl (C=O) groups excluding carboxylic acids is 2. The van der Waals surface area contributed by atoms with Crippen LogP contribution in [0.25, 0.3) is 0 Å². The Morgan fingerprint density at radius 1 is 0.853 bits per heavy atom. The number of unbranched alkanes of at least 4 members (excludes halogenated alkanes) is 2. The maximum atomic E-state index is 13.9. The molecule has 0 aliphatic rings. The van der Waals surface area contributed by atoms with Crippen molar-refractivity contribution in [1.82, 2.24) is 0 Å². The molecule has 0 aliphatic heterocycles. The molecule has 3 rings (SSSR count). The van der Waals surface area contributed by atoms with E-state index in [0.29, 0.717) is 29.9 Å². The number of nitrogens with zero attached hydrogens (tertiary/aromatic N) is 1. The fourth-order valence-electron chi connectivity index (χ4n) is 2.90. The third-order valence-corrected chi connectivity index (χ3v) is 5.32. The highest BCUT2D eigenvalue weighted by molar-refractivity contribution is 8.03. The monoisotopic (exact) mass is 479 g/mol. The molecule has 0 saturated heterocycles. The number of thiocyanates is 1. The van der Waals surface area contributed by atoms with Crippen molar-refractivity contribution in [2.45, 2.75) is 31.1 Å². The number of benzene rings is 3. The lowest BCUT2D eigenvalue weighted by Gasteiger charge is -2.08. The zero-order chi connectivity index (χ0) is 24.3. The zero-order valence-electron chi connectivity index (χ0n) is 18.5. The SMILES string of the molecule is CCCCCOc1ccc(OC(=O)c2ccc(C(=O)Oc3ccc(SC#N)c(F)c3)cc2)cc1. The number of halogens is 1. The van der Waals surface area contributed by atoms with Gasteiger partial charge in [-0.1, -0.05) is 19.8 Å². The molecule has 8 heteroatoms. The van der Waals surface area contributed by atoms with Crippen LogP contribution in [-0.2, 0) is 0 Å². The lowest BCUT2D eigenvalue weighted by Crippen LogP contribution is -2.11. The summed E-state index contributed by atoms with van der Waals surface area (Å²) in [5.74, 6) is -0.873. The Bertz CT molecular complexity index is 1170. The average Bonchev–Trinajstić information content (AvgIpc) is 2.84. The van der Waals surface area contributed by atoms with Crippen LogP contribution in [0.3, 0.4) is 0 Å². The average molecular weight is 480 g/mol. The highest BCUT2D eigenvalue weighted by Gasteiger charge is 2.14. The van der Waals surface area contributed by atoms with Crippen molar-refractivity contribution >= 4 is 23.7 Å². The molecule has 0 unspecified atom stereocenters. The van der Waals surface area contributed by atoms with E-state index in [1.165, 1.54) is 36.4 Å². The molecule has 0 spiro atoms. The molecular weight excluding hydrogens is 457 g/mol. The smallest absolute Gasteiger partial charge is 0.343 e. The second-order valence-electron chi connectivity index (χ2n) is 7.17. The summed E-state index contributed by atoms with van der Waals surface area (Å²) >= 11 is 0.676. The van der Waals surface area contributed by atoms with E-state index in [2.05, 4.69) is 6.92 Å². The third-order valence-electron chi connectivity index (χ3n) is 4.68. The summed E-state index contributed by atoms with van der Waals surface area (Å²) in [5, 5.41) is 10.4. The fraction of sp³-hybridized carbons (Fsp3) is 0.192. The standard InChI is InChI=1S/C26H22FNO5S/c1-2-3-4-15-31-20-9-11-21(12-10-20)32-25(29)18-5-7-19(8-6-18)26(30)33-22-13-14-24(34-17-28)23(27)16-22/h5-14,16H,2-4,15H2,1H3. The first-order valence-corrected chi connectivity index (χ1v) is 11.4. The molecular formula is C26H22FNO5S. The van der Waals surface area contributed by atoms with E-state index >= 15 is 0 Å². The maximum Gasteiger partial charge on any atom is 0.343 e. The maximum absolute atomic E-state index is 13.9. The molecule has 0 N–H and O–H groups in total. The summed E-state index contributed by atoms with van der Waals surface area (Å²) in [6, 6.07) is 16.3. The molecule has 0 aliphatic carbocycles. The quantitative estimate of drug-likeness (QED) is 0.109. The number of hydrogen-bond donors (Lipinski definition) is 0. The number of hydrogen-bond acceptors (Lipinski definition) is 7. The molecule has 0 aromatic heterocycles. The van der Waals surface area contributed by atoms with E-state index in [1.807, 2.05) is 0 Å². The van der Waals surface area contributed by atoms with Crippen LogP contribution in [0.5, 0.6) is 17.2 Å². The van der Waals surface area contributed by atoms with E-state index in [-0.39, 0.29) is 21.8 Å². The Balaban J connectivity index is 1.55. The van der Waals surface area contributed by atoms with E-state index in [9.17, 15) is 14.0 Å². The van der Waals surface area contributed by atoms with Crippen LogP contribution >= 0.6 is 11.8 Å². The van der Waals surface area contributed by atoms with Crippen LogP contribution in [-0.4, -0.2) is 18.5 Å². The number of rotatable bonds is 10. The van der Waals surface area contributed by atoms with Gasteiger partial charge in [0, 0.05) is 6.07 Å². The molecule has 3 aromatic carbocycles. The van der Waals surface area contributed by atoms with Crippen LogP contribution < -0.4 is 14.2 Å². The number of carbonyl (C=O) groups is 2. The lowest BCUT2D eigenvalue weighted by molar-refractivity contribution is 0.0720. The molecule has 0 atom stereocenters. The number of esters is 2. The molecule has 6 nitrogen and oxygen atoms in total. The number of nitriles is 1. The highest BCUT2D eigenvalue weighted by Crippen LogP contribution is 2.25. The Kier molecular flexibility index (Phi) is 9.06. The minimum atomic E-state index is -0.713. The predicted octanol–water partition coefficient (Wildman–Crippen LogP) is 6.41. The normalized spacial score (nSPS) is 10.3. The molecule has 174 valence electrons. The first-order valence-electron chi connectivity index (χ1n) is 10.6. The zero-order valence-corrected chi connectivity index (χ0v) is 19.3. The van der Waals surface area contributed by atoms with Gasteiger partial charge in [-0.3, -0.25) is 0 Å². The van der Waals surface area contributed by atoms with Gasteiger partial charge in [0.2, 0.25) is 0 Å². The van der Waals surface area contributed by atoms with Crippen LogP contribution in [0.4, 0.5) is 4.39 Å². The number of ether oxygens (including phenoxy) is 3. The van der Waals surface area contributed by atoms with Crippen LogP contribution in [0.15, 0.2) is 71.6 Å². The van der Waals surface area contributed by atoms with Crippen LogP contribution in [0.2, 0.25) is 0 Å². The molecule has 0 bridgehead atoms. The first kappa shape index (κ1) is 24.8. The van der Waals surface area contributed by atoms with Gasteiger partial charge in [-0.25, -0.2) is 14.0 Å². The Morgan fingerprint density at radius 3 is 1.97 bits per heavy atom. The van der Waals surface area contributed by atoms with Gasteiger partial charge in [0.15, 0.2) is 0 Å². The van der Waals surface area contributed by atoms with Crippen LogP contribution in [0, 0.1) is 16.5 Å². The van der Waals surface area contributed by atoms with Crippen molar-refractivity contribution in [2.75, 3.05) is 6.61 Å². The van der Waals surface area contributed by atoms with Gasteiger partial charge in [0.05, 0.1) is 22.6 Å². The first-order chi connectivity index (χ1) is 16.5. The second kappa shape index (κ2) is 12.4. The van der Waals surface area contributed by atoms with Crippen molar-refractivity contribution < 1.29 is 28.2 Å². The van der Waals surface area contributed by atoms with E-state index < -0.39 is 17.8 Å². The molecule has 34 heavy (non-hydrogen) atoms. The molecule has 0 radical (unpaired) electrons. The summed E-state index contributed by atoms with van der Waals surface area (Å²) in [6.07, 6.45) is 3.22. The van der Waals surface area contributed by atoms with Gasteiger partial charge >= 0.3 is 11.9 Å². The summed E-state index contributed by atoms with van der Waals surface area (Å²) in [5.41, 5.74) is 0.428. The van der Waals surface area contributed by atoms with Gasteiger partial charge in [-0.05, 0) is 78.8 Å². The minimum Gasteiger partial charge on any atom is -0.494 e. The van der Waals surface area contributed by atoms with E-state index in [4.69, 9.17) is 19.5 Å². The Morgan fingerprint density at radius 2 is 1.41 bits per heavy atom. The van der Waals surface area contributed by atoms with Crippen molar-refractivity contribution in [1.29, 1.82) is 5.26 Å². The second-order valence-corrected chi connectivity index (χ2v) is 8.00. The molecule has 0 saturated carbocycles. The van der Waals surface area contributed by atoms with Gasteiger partial charge in [0.25, 0.3) is 0 Å². The van der Waals surface area contributed by atoms with Crippen molar-refractivity contribution in [3.05, 3.63) is 83.7 Å². The van der Waals surface area contributed by atoms with Crippen LogP contribution in [0.1, 0.15) is 46.9 Å². The Labute approximate surface area is 201 Å².